The maximum Gasteiger partial charge on any atom is 0.338 e. The highest BCUT2D eigenvalue weighted by Gasteiger charge is 2.26. The van der Waals surface area contributed by atoms with Gasteiger partial charge >= 0.3 is 5.97 Å². The Hall–Kier alpha value is -1.88. The van der Waals surface area contributed by atoms with Crippen LogP contribution in [-0.4, -0.2) is 24.5 Å². The number of nitrogens with one attached hydrogen (secondary N) is 1. The molecule has 5 heteroatoms. The number of amides is 1. The molecule has 0 unspecified atom stereocenters. The van der Waals surface area contributed by atoms with Crippen LogP contribution in [0.2, 0.25) is 0 Å². The molecular formula is C16H22N2O3. The lowest BCUT2D eigenvalue weighted by Gasteiger charge is -2.15. The molecule has 0 aromatic heterocycles. The highest BCUT2D eigenvalue weighted by molar-refractivity contribution is 5.94. The fraction of sp³-hybridized carbons (Fsp3) is 0.500. The van der Waals surface area contributed by atoms with Crippen LogP contribution in [0.5, 0.6) is 0 Å². The van der Waals surface area contributed by atoms with Crippen molar-refractivity contribution in [1.82, 2.24) is 0 Å². The van der Waals surface area contributed by atoms with Crippen LogP contribution in [0.3, 0.4) is 0 Å². The van der Waals surface area contributed by atoms with E-state index in [9.17, 15) is 9.59 Å². The Bertz CT molecular complexity index is 516. The molecule has 21 heavy (non-hydrogen) atoms. The first-order chi connectivity index (χ1) is 10.1. The molecule has 0 radical (unpaired) electrons. The smallest absolute Gasteiger partial charge is 0.338 e. The predicted octanol–water partition coefficient (Wildman–Crippen LogP) is 2.32. The minimum Gasteiger partial charge on any atom is -0.462 e. The molecule has 0 saturated heterocycles. The fourth-order valence-corrected chi connectivity index (χ4v) is 2.71. The molecule has 1 aromatic rings. The van der Waals surface area contributed by atoms with Crippen molar-refractivity contribution in [3.05, 3.63) is 29.8 Å². The number of nitrogens with two attached hydrogens (primary N) is 1. The second-order valence-corrected chi connectivity index (χ2v) is 5.41. The van der Waals surface area contributed by atoms with Gasteiger partial charge in [-0.15, -0.1) is 0 Å². The van der Waals surface area contributed by atoms with Crippen molar-refractivity contribution in [3.8, 4) is 0 Å². The molecule has 0 spiro atoms. The molecule has 1 aromatic carbocycles. The number of esters is 1. The van der Waals surface area contributed by atoms with Crippen molar-refractivity contribution >= 4 is 17.6 Å². The molecule has 1 fully saturated rings. The van der Waals surface area contributed by atoms with E-state index in [1.54, 1.807) is 31.2 Å². The number of benzene rings is 1. The summed E-state index contributed by atoms with van der Waals surface area (Å²) in [6, 6.07) is 6.91. The average molecular weight is 290 g/mol. The lowest BCUT2D eigenvalue weighted by molar-refractivity contribution is -0.117. The highest BCUT2D eigenvalue weighted by Crippen LogP contribution is 2.27. The maximum absolute atomic E-state index is 12.0. The van der Waals surface area contributed by atoms with Crippen LogP contribution in [0, 0.1) is 5.92 Å². The van der Waals surface area contributed by atoms with Crippen LogP contribution in [-0.2, 0) is 9.53 Å². The minimum absolute atomic E-state index is 0.0571. The van der Waals surface area contributed by atoms with Crippen molar-refractivity contribution in [2.45, 2.75) is 38.6 Å². The Balaban J connectivity index is 1.94. The molecule has 3 N–H and O–H groups in total. The Kier molecular flexibility index (Phi) is 5.33. The van der Waals surface area contributed by atoms with Gasteiger partial charge in [-0.1, -0.05) is 12.5 Å². The molecule has 0 heterocycles. The SMILES string of the molecule is CCOC(=O)c1cccc(NC(=O)C[C@@H]2CCC[C@H]2N)c1. The molecule has 2 rings (SSSR count). The number of carbonyl (C=O) groups is 2. The van der Waals surface area contributed by atoms with Gasteiger partial charge in [-0.2, -0.15) is 0 Å². The third-order valence-corrected chi connectivity index (χ3v) is 3.82. The van der Waals surface area contributed by atoms with Gasteiger partial charge in [0.15, 0.2) is 0 Å². The summed E-state index contributed by atoms with van der Waals surface area (Å²) in [4.78, 5) is 23.7. The molecule has 1 aliphatic rings. The van der Waals surface area contributed by atoms with Crippen molar-refractivity contribution in [2.24, 2.45) is 11.7 Å². The summed E-state index contributed by atoms with van der Waals surface area (Å²) in [7, 11) is 0. The third kappa shape index (κ3) is 4.29. The number of carbonyl (C=O) groups excluding carboxylic acids is 2. The summed E-state index contributed by atoms with van der Waals surface area (Å²) < 4.78 is 4.94. The molecule has 114 valence electrons. The van der Waals surface area contributed by atoms with Gasteiger partial charge in [-0.25, -0.2) is 4.79 Å². The standard InChI is InChI=1S/C16H22N2O3/c1-2-21-16(20)12-6-3-7-13(9-12)18-15(19)10-11-5-4-8-14(11)17/h3,6-7,9,11,14H,2,4-5,8,10,17H2,1H3,(H,18,19)/t11-,14+/m0/s1. The van der Waals surface area contributed by atoms with E-state index in [0.717, 1.165) is 19.3 Å². The van der Waals surface area contributed by atoms with Gasteiger partial charge in [0.05, 0.1) is 12.2 Å². The number of hydrogen-bond donors (Lipinski definition) is 2. The van der Waals surface area contributed by atoms with E-state index in [4.69, 9.17) is 10.5 Å². The Morgan fingerprint density at radius 1 is 1.38 bits per heavy atom. The lowest BCUT2D eigenvalue weighted by atomic mass is 10.00. The number of anilines is 1. The van der Waals surface area contributed by atoms with Crippen molar-refractivity contribution < 1.29 is 14.3 Å². The van der Waals surface area contributed by atoms with Crippen LogP contribution >= 0.6 is 0 Å². The van der Waals surface area contributed by atoms with E-state index < -0.39 is 0 Å². The number of rotatable bonds is 5. The van der Waals surface area contributed by atoms with Crippen molar-refractivity contribution in [2.75, 3.05) is 11.9 Å². The summed E-state index contributed by atoms with van der Waals surface area (Å²) in [5.41, 5.74) is 7.02. The molecule has 1 saturated carbocycles. The van der Waals surface area contributed by atoms with Crippen LogP contribution < -0.4 is 11.1 Å². The van der Waals surface area contributed by atoms with Gasteiger partial charge < -0.3 is 15.8 Å². The zero-order valence-electron chi connectivity index (χ0n) is 12.3. The van der Waals surface area contributed by atoms with Gasteiger partial charge in [-0.3, -0.25) is 4.79 Å². The van der Waals surface area contributed by atoms with Gasteiger partial charge in [0.25, 0.3) is 0 Å². The average Bonchev–Trinajstić information content (AvgIpc) is 2.84. The van der Waals surface area contributed by atoms with Gasteiger partial charge in [0, 0.05) is 18.2 Å². The molecule has 1 amide bonds. The van der Waals surface area contributed by atoms with E-state index in [1.165, 1.54) is 0 Å². The summed E-state index contributed by atoms with van der Waals surface area (Å²) >= 11 is 0. The molecule has 5 nitrogen and oxygen atoms in total. The number of hydrogen-bond acceptors (Lipinski definition) is 4. The summed E-state index contributed by atoms with van der Waals surface area (Å²) in [5, 5.41) is 2.82. The Labute approximate surface area is 124 Å². The molecule has 2 atom stereocenters. The first kappa shape index (κ1) is 15.5. The quantitative estimate of drug-likeness (QED) is 0.815. The molecular weight excluding hydrogens is 268 g/mol. The second-order valence-electron chi connectivity index (χ2n) is 5.41. The zero-order valence-corrected chi connectivity index (χ0v) is 12.3. The fourth-order valence-electron chi connectivity index (χ4n) is 2.71. The number of ether oxygens (including phenoxy) is 1. The normalized spacial score (nSPS) is 21.0. The van der Waals surface area contributed by atoms with E-state index in [0.29, 0.717) is 24.3 Å². The largest absolute Gasteiger partial charge is 0.462 e. The first-order valence-corrected chi connectivity index (χ1v) is 7.42. The Morgan fingerprint density at radius 3 is 2.86 bits per heavy atom. The van der Waals surface area contributed by atoms with E-state index >= 15 is 0 Å². The van der Waals surface area contributed by atoms with E-state index in [2.05, 4.69) is 5.32 Å². The zero-order chi connectivity index (χ0) is 15.2. The summed E-state index contributed by atoms with van der Waals surface area (Å²) in [6.07, 6.45) is 3.54. The van der Waals surface area contributed by atoms with Crippen molar-refractivity contribution in [1.29, 1.82) is 0 Å². The van der Waals surface area contributed by atoms with E-state index in [-0.39, 0.29) is 23.8 Å². The molecule has 0 bridgehead atoms. The Morgan fingerprint density at radius 2 is 2.19 bits per heavy atom. The lowest BCUT2D eigenvalue weighted by Crippen LogP contribution is -2.28. The highest BCUT2D eigenvalue weighted by atomic mass is 16.5. The van der Waals surface area contributed by atoms with Crippen LogP contribution in [0.25, 0.3) is 0 Å². The van der Waals surface area contributed by atoms with Gasteiger partial charge in [-0.05, 0) is 43.9 Å². The minimum atomic E-state index is -0.383. The molecule has 1 aliphatic carbocycles. The van der Waals surface area contributed by atoms with Gasteiger partial charge in [0.2, 0.25) is 5.91 Å². The van der Waals surface area contributed by atoms with Gasteiger partial charge in [0.1, 0.15) is 0 Å². The van der Waals surface area contributed by atoms with Crippen LogP contribution in [0.4, 0.5) is 5.69 Å². The predicted molar refractivity (Wildman–Crippen MR) is 81.0 cm³/mol. The molecule has 0 aliphatic heterocycles. The maximum atomic E-state index is 12.0. The monoisotopic (exact) mass is 290 g/mol. The van der Waals surface area contributed by atoms with Crippen LogP contribution in [0.15, 0.2) is 24.3 Å². The van der Waals surface area contributed by atoms with E-state index in [1.807, 2.05) is 0 Å². The topological polar surface area (TPSA) is 81.4 Å². The van der Waals surface area contributed by atoms with Crippen molar-refractivity contribution in [3.63, 3.8) is 0 Å². The third-order valence-electron chi connectivity index (χ3n) is 3.82. The summed E-state index contributed by atoms with van der Waals surface area (Å²) in [5.74, 6) is -0.178. The summed E-state index contributed by atoms with van der Waals surface area (Å²) in [6.45, 7) is 2.09. The first-order valence-electron chi connectivity index (χ1n) is 7.42. The van der Waals surface area contributed by atoms with Crippen LogP contribution in [0.1, 0.15) is 43.0 Å². The second kappa shape index (κ2) is 7.22.